The predicted octanol–water partition coefficient (Wildman–Crippen LogP) is 4.43. The van der Waals surface area contributed by atoms with Crippen LogP contribution in [-0.2, 0) is 6.42 Å². The molecule has 3 rings (SSSR count). The van der Waals surface area contributed by atoms with Gasteiger partial charge in [-0.05, 0) is 42.4 Å². The molecule has 0 unspecified atom stereocenters. The Hall–Kier alpha value is -3.34. The topological polar surface area (TPSA) is 127 Å². The fourth-order valence-electron chi connectivity index (χ4n) is 3.00. The number of hydrogen-bond donors (Lipinski definition) is 3. The van der Waals surface area contributed by atoms with Crippen molar-refractivity contribution in [3.63, 3.8) is 0 Å². The summed E-state index contributed by atoms with van der Waals surface area (Å²) in [5.41, 5.74) is 7.28. The van der Waals surface area contributed by atoms with Gasteiger partial charge in [-0.25, -0.2) is 0 Å². The Morgan fingerprint density at radius 1 is 1.22 bits per heavy atom. The van der Waals surface area contributed by atoms with E-state index in [0.717, 1.165) is 22.1 Å². The fraction of sp³-hybridized carbons (Fsp3) is 0.0952. The van der Waals surface area contributed by atoms with Gasteiger partial charge in [0.25, 0.3) is 17.5 Å². The van der Waals surface area contributed by atoms with Crippen LogP contribution in [-0.4, -0.2) is 21.9 Å². The monoisotopic (exact) mass is 488 g/mol. The number of halogens is 1. The molecule has 1 aromatic heterocycles. The summed E-state index contributed by atoms with van der Waals surface area (Å²) in [5, 5.41) is 16.6. The van der Waals surface area contributed by atoms with Crippen LogP contribution in [0.15, 0.2) is 48.5 Å². The smallest absolute Gasteiger partial charge is 0.288 e. The van der Waals surface area contributed by atoms with Crippen LogP contribution in [0, 0.1) is 17.0 Å². The van der Waals surface area contributed by atoms with Gasteiger partial charge in [-0.1, -0.05) is 41.9 Å². The van der Waals surface area contributed by atoms with Crippen molar-refractivity contribution in [2.24, 2.45) is 5.73 Å². The van der Waals surface area contributed by atoms with Crippen molar-refractivity contribution < 1.29 is 14.5 Å². The van der Waals surface area contributed by atoms with Crippen molar-refractivity contribution >= 4 is 62.8 Å². The van der Waals surface area contributed by atoms with Crippen LogP contribution in [0.25, 0.3) is 0 Å². The first kappa shape index (κ1) is 23.3. The second-order valence-corrected chi connectivity index (χ2v) is 8.63. The molecule has 0 atom stereocenters. The lowest BCUT2D eigenvalue weighted by Crippen LogP contribution is -2.34. The number of thiophene rings is 1. The van der Waals surface area contributed by atoms with Gasteiger partial charge in [-0.3, -0.25) is 25.0 Å². The van der Waals surface area contributed by atoms with Gasteiger partial charge in [0.15, 0.2) is 5.11 Å². The molecule has 2 amide bonds. The quantitative estimate of drug-likeness (QED) is 0.267. The van der Waals surface area contributed by atoms with Crippen molar-refractivity contribution in [1.29, 1.82) is 0 Å². The molecule has 32 heavy (non-hydrogen) atoms. The van der Waals surface area contributed by atoms with Gasteiger partial charge in [0.2, 0.25) is 0 Å². The molecule has 0 fully saturated rings. The molecule has 2 aromatic carbocycles. The zero-order chi connectivity index (χ0) is 23.4. The van der Waals surface area contributed by atoms with Crippen LogP contribution in [0.2, 0.25) is 5.02 Å². The van der Waals surface area contributed by atoms with Gasteiger partial charge < -0.3 is 11.1 Å². The second kappa shape index (κ2) is 9.86. The number of nitrogens with one attached hydrogen (secondary N) is 2. The predicted molar refractivity (Wildman–Crippen MR) is 129 cm³/mol. The lowest BCUT2D eigenvalue weighted by atomic mass is 10.1. The molecule has 0 aliphatic rings. The Bertz CT molecular complexity index is 1230. The van der Waals surface area contributed by atoms with Crippen LogP contribution < -0.4 is 16.4 Å². The van der Waals surface area contributed by atoms with Crippen LogP contribution in [0.4, 0.5) is 10.7 Å². The van der Waals surface area contributed by atoms with E-state index in [1.54, 1.807) is 6.92 Å². The van der Waals surface area contributed by atoms with E-state index in [9.17, 15) is 19.7 Å². The van der Waals surface area contributed by atoms with Crippen LogP contribution in [0.1, 0.15) is 36.7 Å². The SMILES string of the molecule is Cc1c(Cc2ccccc2)sc(NC(=S)NC(=O)c2ccc(Cl)c([N+](=O)[O-])c2)c1C(N)=O. The molecular formula is C21H17ClN4O4S2. The van der Waals surface area contributed by atoms with E-state index in [2.05, 4.69) is 10.6 Å². The number of thiocarbonyl (C=S) groups is 1. The number of rotatable bonds is 6. The first-order valence-corrected chi connectivity index (χ1v) is 10.8. The molecule has 164 valence electrons. The molecule has 0 aliphatic carbocycles. The van der Waals surface area contributed by atoms with E-state index < -0.39 is 22.4 Å². The highest BCUT2D eigenvalue weighted by Gasteiger charge is 2.21. The average Bonchev–Trinajstić information content (AvgIpc) is 3.03. The minimum absolute atomic E-state index is 0.00695. The number of benzene rings is 2. The lowest BCUT2D eigenvalue weighted by molar-refractivity contribution is -0.384. The standard InChI is InChI=1S/C21H17ClN4O4S2/c1-11-16(9-12-5-3-2-4-6-12)32-20(17(11)18(23)27)25-21(31)24-19(28)13-7-8-14(22)15(10-13)26(29)30/h2-8,10H,9H2,1H3,(H2,23,27)(H2,24,25,28,31). The number of nitro groups is 1. The van der Waals surface area contributed by atoms with Gasteiger partial charge in [-0.15, -0.1) is 11.3 Å². The minimum atomic E-state index is -0.683. The Labute approximate surface area is 197 Å². The maximum atomic E-state index is 12.5. The number of carbonyl (C=O) groups is 2. The summed E-state index contributed by atoms with van der Waals surface area (Å²) in [6, 6.07) is 13.4. The molecule has 11 heteroatoms. The first-order chi connectivity index (χ1) is 15.2. The van der Waals surface area contributed by atoms with E-state index in [1.807, 2.05) is 30.3 Å². The largest absolute Gasteiger partial charge is 0.365 e. The lowest BCUT2D eigenvalue weighted by Gasteiger charge is -2.09. The average molecular weight is 489 g/mol. The van der Waals surface area contributed by atoms with E-state index in [1.165, 1.54) is 23.5 Å². The third kappa shape index (κ3) is 5.28. The number of primary amides is 1. The van der Waals surface area contributed by atoms with Crippen LogP contribution in [0.5, 0.6) is 0 Å². The van der Waals surface area contributed by atoms with Crippen molar-refractivity contribution in [2.45, 2.75) is 13.3 Å². The van der Waals surface area contributed by atoms with Gasteiger partial charge in [0.1, 0.15) is 10.0 Å². The van der Waals surface area contributed by atoms with Gasteiger partial charge >= 0.3 is 0 Å². The number of anilines is 1. The molecule has 1 heterocycles. The zero-order valence-corrected chi connectivity index (χ0v) is 19.1. The van der Waals surface area contributed by atoms with Crippen molar-refractivity contribution in [3.8, 4) is 0 Å². The van der Waals surface area contributed by atoms with Crippen molar-refractivity contribution in [2.75, 3.05) is 5.32 Å². The van der Waals surface area contributed by atoms with E-state index in [4.69, 9.17) is 29.6 Å². The summed E-state index contributed by atoms with van der Waals surface area (Å²) in [7, 11) is 0. The van der Waals surface area contributed by atoms with Gasteiger partial charge in [0.05, 0.1) is 10.5 Å². The number of amides is 2. The molecule has 3 aromatic rings. The number of hydrogen-bond acceptors (Lipinski definition) is 6. The van der Waals surface area contributed by atoms with Crippen LogP contribution in [0.3, 0.4) is 0 Å². The summed E-state index contributed by atoms with van der Waals surface area (Å²) < 4.78 is 0. The molecule has 0 saturated heterocycles. The van der Waals surface area contributed by atoms with E-state index in [-0.39, 0.29) is 15.7 Å². The van der Waals surface area contributed by atoms with E-state index >= 15 is 0 Å². The van der Waals surface area contributed by atoms with Crippen molar-refractivity contribution in [1.82, 2.24) is 5.32 Å². The molecular weight excluding hydrogens is 472 g/mol. The Morgan fingerprint density at radius 3 is 2.53 bits per heavy atom. The molecule has 0 spiro atoms. The molecule has 4 N–H and O–H groups in total. The first-order valence-electron chi connectivity index (χ1n) is 9.19. The fourth-order valence-corrected chi connectivity index (χ4v) is 4.69. The number of nitrogens with two attached hydrogens (primary N) is 1. The minimum Gasteiger partial charge on any atom is -0.365 e. The normalized spacial score (nSPS) is 10.4. The van der Waals surface area contributed by atoms with Gasteiger partial charge in [0, 0.05) is 22.9 Å². The maximum absolute atomic E-state index is 12.5. The third-order valence-corrected chi connectivity index (χ3v) is 6.29. The van der Waals surface area contributed by atoms with Gasteiger partial charge in [-0.2, -0.15) is 0 Å². The number of carbonyl (C=O) groups excluding carboxylic acids is 2. The number of nitro benzene ring substituents is 1. The molecule has 0 bridgehead atoms. The highest BCUT2D eigenvalue weighted by Crippen LogP contribution is 2.34. The molecule has 0 radical (unpaired) electrons. The molecule has 0 aliphatic heterocycles. The highest BCUT2D eigenvalue weighted by atomic mass is 35.5. The maximum Gasteiger partial charge on any atom is 0.288 e. The summed E-state index contributed by atoms with van der Waals surface area (Å²) >= 11 is 12.3. The highest BCUT2D eigenvalue weighted by molar-refractivity contribution is 7.80. The molecule has 8 nitrogen and oxygen atoms in total. The van der Waals surface area contributed by atoms with Crippen LogP contribution >= 0.6 is 35.2 Å². The third-order valence-electron chi connectivity index (χ3n) is 4.56. The van der Waals surface area contributed by atoms with Crippen molar-refractivity contribution in [3.05, 3.63) is 90.8 Å². The summed E-state index contributed by atoms with van der Waals surface area (Å²) in [6.45, 7) is 1.80. The Morgan fingerprint density at radius 2 is 1.91 bits per heavy atom. The summed E-state index contributed by atoms with van der Waals surface area (Å²) in [4.78, 5) is 35.8. The van der Waals surface area contributed by atoms with E-state index in [0.29, 0.717) is 17.0 Å². The summed E-state index contributed by atoms with van der Waals surface area (Å²) in [5.74, 6) is -1.29. The second-order valence-electron chi connectivity index (χ2n) is 6.71. The Balaban J connectivity index is 1.79. The summed E-state index contributed by atoms with van der Waals surface area (Å²) in [6.07, 6.45) is 0.604. The zero-order valence-electron chi connectivity index (χ0n) is 16.7. The number of nitrogens with zero attached hydrogens (tertiary/aromatic N) is 1. The Kier molecular flexibility index (Phi) is 7.18. The molecule has 0 saturated carbocycles.